The molecule has 0 atom stereocenters. The third-order valence-electron chi connectivity index (χ3n) is 1.74. The molecule has 0 bridgehead atoms. The molecule has 0 spiro atoms. The van der Waals surface area contributed by atoms with Gasteiger partial charge in [0, 0.05) is 26.0 Å². The summed E-state index contributed by atoms with van der Waals surface area (Å²) in [5, 5.41) is 44.2. The van der Waals surface area contributed by atoms with E-state index in [0.717, 1.165) is 6.67 Å². The van der Waals surface area contributed by atoms with E-state index in [4.69, 9.17) is 46.0 Å². The van der Waals surface area contributed by atoms with Crippen LogP contribution in [0.5, 0.6) is 0 Å². The van der Waals surface area contributed by atoms with Gasteiger partial charge in [0.25, 0.3) is 0 Å². The number of rotatable bonds is 3. The summed E-state index contributed by atoms with van der Waals surface area (Å²) in [6.45, 7) is 4.50. The molecule has 0 radical (unpaired) electrons. The van der Waals surface area contributed by atoms with Crippen LogP contribution in [0.2, 0.25) is 0 Å². The van der Waals surface area contributed by atoms with Gasteiger partial charge in [0.2, 0.25) is 0 Å². The molecule has 0 N–H and O–H groups in total. The minimum Gasteiger partial charge on any atom is -0.362 e. The number of nitrogens with zero attached hydrogens (tertiary/aromatic N) is 5. The van der Waals surface area contributed by atoms with Crippen LogP contribution in [-0.4, -0.2) is 45.3 Å². The molecule has 138 valence electrons. The molecule has 1 rings (SSSR count). The Balaban J connectivity index is -0.000000118. The molecule has 1 aliphatic heterocycles. The molecule has 0 fully saturated rings. The van der Waals surface area contributed by atoms with Crippen molar-refractivity contribution in [2.75, 3.05) is 20.3 Å². The third kappa shape index (κ3) is 53.3. The zero-order chi connectivity index (χ0) is 18.1. The van der Waals surface area contributed by atoms with Crippen molar-refractivity contribution in [1.29, 1.82) is 0 Å². The van der Waals surface area contributed by atoms with Crippen molar-refractivity contribution in [2.45, 2.75) is 19.8 Å². The van der Waals surface area contributed by atoms with E-state index in [2.05, 4.69) is 36.2 Å². The number of hydrogen-bond acceptors (Lipinski definition) is 11. The Morgan fingerprint density at radius 3 is 1.48 bits per heavy atom. The molecular formula is C8H16HoN5O9. The Bertz CT molecular complexity index is 316. The van der Waals surface area contributed by atoms with E-state index < -0.39 is 15.3 Å². The molecule has 14 nitrogen and oxygen atoms in total. The first-order chi connectivity index (χ1) is 10.0. The van der Waals surface area contributed by atoms with Crippen LogP contribution >= 0.6 is 0 Å². The van der Waals surface area contributed by atoms with Crippen LogP contribution < -0.4 is 0 Å². The van der Waals surface area contributed by atoms with Crippen molar-refractivity contribution in [3.8, 4) is 0 Å². The van der Waals surface area contributed by atoms with Crippen LogP contribution in [0.4, 0.5) is 0 Å². The Morgan fingerprint density at radius 1 is 0.913 bits per heavy atom. The smallest absolute Gasteiger partial charge is 0.362 e. The van der Waals surface area contributed by atoms with E-state index >= 15 is 0 Å². The van der Waals surface area contributed by atoms with E-state index in [1.54, 1.807) is 0 Å². The molecule has 1 aliphatic rings. The van der Waals surface area contributed by atoms with Gasteiger partial charge in [-0.2, -0.15) is 0 Å². The average Bonchev–Trinajstić information content (AvgIpc) is 2.70. The van der Waals surface area contributed by atoms with Crippen LogP contribution in [0.1, 0.15) is 19.8 Å². The molecule has 15 heteroatoms. The van der Waals surface area contributed by atoms with Crippen LogP contribution in [0.3, 0.4) is 0 Å². The van der Waals surface area contributed by atoms with Crippen molar-refractivity contribution in [3.05, 3.63) is 58.4 Å². The van der Waals surface area contributed by atoms with Crippen molar-refractivity contribution < 1.29 is 53.0 Å². The minimum atomic E-state index is -1.75. The van der Waals surface area contributed by atoms with Gasteiger partial charge in [0.1, 0.15) is 0 Å². The molecular weight excluding hydrogens is 475 g/mol. The first kappa shape index (κ1) is 29.2. The van der Waals surface area contributed by atoms with E-state index in [-0.39, 0.29) is 37.7 Å². The second-order valence-corrected chi connectivity index (χ2v) is 3.53. The molecule has 0 aromatic rings. The summed E-state index contributed by atoms with van der Waals surface area (Å²) in [6.07, 6.45) is 6.87. The maximum Gasteiger partial charge on any atom is 3.00 e. The fourth-order valence-electron chi connectivity index (χ4n) is 1.10. The predicted octanol–water partition coefficient (Wildman–Crippen LogP) is 0.745. The summed E-state index contributed by atoms with van der Waals surface area (Å²) in [4.78, 5) is 29.3. The molecule has 1 heterocycles. The molecule has 0 aromatic heterocycles. The maximum absolute atomic E-state index is 8.25. The average molecular weight is 491 g/mol. The van der Waals surface area contributed by atoms with Crippen LogP contribution in [0.15, 0.2) is 12.4 Å². The number of unbranched alkanes of at least 4 members (excludes halogenated alkanes) is 1. The zero-order valence-electron chi connectivity index (χ0n) is 12.2. The standard InChI is InChI=1S/C8H16N2.Ho.3NO3/c1-3-4-5-10-7-6-9(2)8-10;;3*2-1(3)4/h6-7H,3-5,8H2,1-2H3;;;;/q;+3;3*-1. The van der Waals surface area contributed by atoms with Crippen LogP contribution in [-0.2, 0) is 0 Å². The van der Waals surface area contributed by atoms with Gasteiger partial charge in [-0.25, -0.2) is 0 Å². The Morgan fingerprint density at radius 2 is 1.26 bits per heavy atom. The van der Waals surface area contributed by atoms with Crippen LogP contribution in [0.25, 0.3) is 0 Å². The third-order valence-corrected chi connectivity index (χ3v) is 1.74. The number of hydrogen-bond donors (Lipinski definition) is 0. The fourth-order valence-corrected chi connectivity index (χ4v) is 1.10. The molecule has 0 saturated carbocycles. The van der Waals surface area contributed by atoms with Crippen LogP contribution in [0, 0.1) is 83.7 Å². The second-order valence-electron chi connectivity index (χ2n) is 3.53. The second kappa shape index (κ2) is 20.2. The van der Waals surface area contributed by atoms with Crippen molar-refractivity contribution in [1.82, 2.24) is 9.80 Å². The van der Waals surface area contributed by atoms with Gasteiger partial charge in [-0.1, -0.05) is 13.3 Å². The van der Waals surface area contributed by atoms with Gasteiger partial charge < -0.3 is 55.8 Å². The quantitative estimate of drug-likeness (QED) is 0.306. The van der Waals surface area contributed by atoms with Gasteiger partial charge >= 0.3 is 37.7 Å². The molecule has 0 amide bonds. The van der Waals surface area contributed by atoms with E-state index in [0.29, 0.717) is 0 Å². The largest absolute Gasteiger partial charge is 3.00 e. The maximum atomic E-state index is 8.25. The van der Waals surface area contributed by atoms with Gasteiger partial charge in [-0.3, -0.25) is 0 Å². The monoisotopic (exact) mass is 491 g/mol. The van der Waals surface area contributed by atoms with E-state index in [1.165, 1.54) is 19.4 Å². The Labute approximate surface area is 160 Å². The summed E-state index contributed by atoms with van der Waals surface area (Å²) in [5.41, 5.74) is 0. The van der Waals surface area contributed by atoms with Gasteiger partial charge in [-0.15, -0.1) is 0 Å². The first-order valence-electron chi connectivity index (χ1n) is 5.60. The van der Waals surface area contributed by atoms with E-state index in [1.807, 2.05) is 0 Å². The van der Waals surface area contributed by atoms with Gasteiger partial charge in [0.05, 0.1) is 21.9 Å². The SMILES string of the molecule is CCCCN1C=CN(C)C1.O=[N+]([O-])[O-].O=[N+]([O-])[O-].O=[N+]([O-])[O-].[Ho+3]. The van der Waals surface area contributed by atoms with Gasteiger partial charge in [-0.05, 0) is 6.42 Å². The predicted molar refractivity (Wildman–Crippen MR) is 74.5 cm³/mol. The van der Waals surface area contributed by atoms with Crippen molar-refractivity contribution in [3.63, 3.8) is 0 Å². The molecule has 0 aliphatic carbocycles. The van der Waals surface area contributed by atoms with Crippen molar-refractivity contribution >= 4 is 0 Å². The zero-order valence-corrected chi connectivity index (χ0v) is 14.1. The minimum absolute atomic E-state index is 0. The summed E-state index contributed by atoms with van der Waals surface area (Å²) >= 11 is 0. The summed E-state index contributed by atoms with van der Waals surface area (Å²) < 4.78 is 0. The normalized spacial score (nSPS) is 10.5. The summed E-state index contributed by atoms with van der Waals surface area (Å²) in [7, 11) is 2.10. The Hall–Kier alpha value is -1.80. The molecule has 0 saturated heterocycles. The van der Waals surface area contributed by atoms with E-state index in [9.17, 15) is 0 Å². The molecule has 0 aromatic carbocycles. The molecule has 0 unspecified atom stereocenters. The first-order valence-corrected chi connectivity index (χ1v) is 5.60. The summed E-state index contributed by atoms with van der Waals surface area (Å²) in [5.74, 6) is 0. The van der Waals surface area contributed by atoms with Crippen molar-refractivity contribution in [2.24, 2.45) is 0 Å². The van der Waals surface area contributed by atoms with Gasteiger partial charge in [0.15, 0.2) is 0 Å². The molecule has 23 heavy (non-hydrogen) atoms. The topological polar surface area (TPSA) is 205 Å². The fraction of sp³-hybridized carbons (Fsp3) is 0.750. The Kier molecular flexibility index (Phi) is 25.7. The summed E-state index contributed by atoms with van der Waals surface area (Å²) in [6, 6.07) is 0.